The topological polar surface area (TPSA) is 75.7 Å². The SMILES string of the molecule is O=C([C@@H]1CCCO1)N1CCc2ccc(NS(=O)(=O)c3ccccc3Cl)cc21. The Hall–Kier alpha value is -2.09. The van der Waals surface area contributed by atoms with Gasteiger partial charge in [-0.25, -0.2) is 8.42 Å². The van der Waals surface area contributed by atoms with E-state index in [1.54, 1.807) is 29.2 Å². The van der Waals surface area contributed by atoms with Gasteiger partial charge in [0.25, 0.3) is 15.9 Å². The molecule has 4 rings (SSSR count). The van der Waals surface area contributed by atoms with E-state index in [1.807, 2.05) is 6.07 Å². The van der Waals surface area contributed by atoms with Crippen molar-refractivity contribution in [1.29, 1.82) is 0 Å². The molecule has 0 aromatic heterocycles. The molecule has 1 amide bonds. The number of fused-ring (bicyclic) bond motifs is 1. The maximum atomic E-state index is 12.7. The van der Waals surface area contributed by atoms with Gasteiger partial charge in [-0.2, -0.15) is 0 Å². The number of hydrogen-bond acceptors (Lipinski definition) is 4. The van der Waals surface area contributed by atoms with E-state index in [2.05, 4.69) is 4.72 Å². The predicted molar refractivity (Wildman–Crippen MR) is 104 cm³/mol. The van der Waals surface area contributed by atoms with Crippen molar-refractivity contribution in [3.05, 3.63) is 53.1 Å². The van der Waals surface area contributed by atoms with E-state index < -0.39 is 16.1 Å². The van der Waals surface area contributed by atoms with E-state index in [4.69, 9.17) is 16.3 Å². The summed E-state index contributed by atoms with van der Waals surface area (Å²) < 4.78 is 33.4. The lowest BCUT2D eigenvalue weighted by molar-refractivity contribution is -0.127. The molecular weight excluding hydrogens is 388 g/mol. The Labute approximate surface area is 163 Å². The fraction of sp³-hybridized carbons (Fsp3) is 0.316. The first-order valence-electron chi connectivity index (χ1n) is 8.79. The third-order valence-corrected chi connectivity index (χ3v) is 6.71. The molecular formula is C19H19ClN2O4S. The van der Waals surface area contributed by atoms with Crippen molar-refractivity contribution in [2.45, 2.75) is 30.3 Å². The zero-order valence-electron chi connectivity index (χ0n) is 14.5. The van der Waals surface area contributed by atoms with Gasteiger partial charge in [0.2, 0.25) is 0 Å². The molecule has 142 valence electrons. The van der Waals surface area contributed by atoms with Gasteiger partial charge in [0, 0.05) is 18.8 Å². The van der Waals surface area contributed by atoms with E-state index in [-0.39, 0.29) is 15.8 Å². The summed E-state index contributed by atoms with van der Waals surface area (Å²) in [5.74, 6) is -0.0580. The van der Waals surface area contributed by atoms with Gasteiger partial charge in [0.15, 0.2) is 0 Å². The fourth-order valence-electron chi connectivity index (χ4n) is 3.49. The second-order valence-corrected chi connectivity index (χ2v) is 8.68. The van der Waals surface area contributed by atoms with Crippen LogP contribution in [0, 0.1) is 0 Å². The molecule has 1 saturated heterocycles. The minimum absolute atomic E-state index is 0.0134. The second kappa shape index (κ2) is 7.14. The number of anilines is 2. The number of hydrogen-bond donors (Lipinski definition) is 1. The first kappa shape index (κ1) is 18.3. The van der Waals surface area contributed by atoms with Gasteiger partial charge in [0.1, 0.15) is 11.0 Å². The average Bonchev–Trinajstić information content (AvgIpc) is 3.31. The molecule has 8 heteroatoms. The van der Waals surface area contributed by atoms with E-state index >= 15 is 0 Å². The van der Waals surface area contributed by atoms with E-state index in [9.17, 15) is 13.2 Å². The summed E-state index contributed by atoms with van der Waals surface area (Å²) in [4.78, 5) is 14.4. The highest BCUT2D eigenvalue weighted by Crippen LogP contribution is 2.33. The van der Waals surface area contributed by atoms with Crippen LogP contribution < -0.4 is 9.62 Å². The molecule has 6 nitrogen and oxygen atoms in total. The molecule has 27 heavy (non-hydrogen) atoms. The zero-order chi connectivity index (χ0) is 19.0. The van der Waals surface area contributed by atoms with Crippen molar-refractivity contribution >= 4 is 38.9 Å². The lowest BCUT2D eigenvalue weighted by Crippen LogP contribution is -2.37. The van der Waals surface area contributed by atoms with Crippen LogP contribution in [0.1, 0.15) is 18.4 Å². The Morgan fingerprint density at radius 2 is 2.04 bits per heavy atom. The summed E-state index contributed by atoms with van der Waals surface area (Å²) in [6, 6.07) is 11.5. The van der Waals surface area contributed by atoms with Crippen LogP contribution >= 0.6 is 11.6 Å². The molecule has 0 spiro atoms. The van der Waals surface area contributed by atoms with Crippen LogP contribution in [0.25, 0.3) is 0 Å². The van der Waals surface area contributed by atoms with Gasteiger partial charge in [-0.15, -0.1) is 0 Å². The molecule has 2 aromatic carbocycles. The van der Waals surface area contributed by atoms with Crippen LogP contribution in [-0.4, -0.2) is 33.6 Å². The Bertz CT molecular complexity index is 987. The largest absolute Gasteiger partial charge is 0.368 e. The van der Waals surface area contributed by atoms with E-state index in [1.165, 1.54) is 12.1 Å². The van der Waals surface area contributed by atoms with E-state index in [0.29, 0.717) is 18.8 Å². The van der Waals surface area contributed by atoms with Crippen LogP contribution in [0.15, 0.2) is 47.4 Å². The highest BCUT2D eigenvalue weighted by atomic mass is 35.5. The third-order valence-electron chi connectivity index (χ3n) is 4.83. The van der Waals surface area contributed by atoms with Gasteiger partial charge in [0.05, 0.1) is 10.7 Å². The highest BCUT2D eigenvalue weighted by Gasteiger charge is 2.33. The van der Waals surface area contributed by atoms with Gasteiger partial charge in [-0.05, 0) is 49.1 Å². The first-order chi connectivity index (χ1) is 13.0. The summed E-state index contributed by atoms with van der Waals surface area (Å²) in [6.07, 6.45) is 1.95. The number of amides is 1. The number of halogens is 1. The maximum absolute atomic E-state index is 12.7. The van der Waals surface area contributed by atoms with Crippen molar-refractivity contribution in [3.63, 3.8) is 0 Å². The molecule has 2 heterocycles. The molecule has 2 aliphatic rings. The number of carbonyl (C=O) groups excluding carboxylic acids is 1. The van der Waals surface area contributed by atoms with Gasteiger partial charge >= 0.3 is 0 Å². The summed E-state index contributed by atoms with van der Waals surface area (Å²) in [6.45, 7) is 1.18. The molecule has 2 aliphatic heterocycles. The van der Waals surface area contributed by atoms with Gasteiger partial charge in [-0.1, -0.05) is 29.8 Å². The molecule has 1 N–H and O–H groups in total. The lowest BCUT2D eigenvalue weighted by atomic mass is 10.1. The Morgan fingerprint density at radius 3 is 2.78 bits per heavy atom. The highest BCUT2D eigenvalue weighted by molar-refractivity contribution is 7.92. The number of rotatable bonds is 4. The molecule has 0 unspecified atom stereocenters. The van der Waals surface area contributed by atoms with Gasteiger partial charge in [-0.3, -0.25) is 9.52 Å². The lowest BCUT2D eigenvalue weighted by Gasteiger charge is -2.21. The minimum Gasteiger partial charge on any atom is -0.368 e. The molecule has 0 saturated carbocycles. The molecule has 0 bridgehead atoms. The summed E-state index contributed by atoms with van der Waals surface area (Å²) in [5.41, 5.74) is 2.14. The first-order valence-corrected chi connectivity index (χ1v) is 10.6. The smallest absolute Gasteiger partial charge is 0.263 e. The summed E-state index contributed by atoms with van der Waals surface area (Å²) in [7, 11) is -3.82. The van der Waals surface area contributed by atoms with Crippen LogP contribution in [0.3, 0.4) is 0 Å². The average molecular weight is 407 g/mol. The summed E-state index contributed by atoms with van der Waals surface area (Å²) >= 11 is 6.02. The quantitative estimate of drug-likeness (QED) is 0.845. The number of nitrogens with zero attached hydrogens (tertiary/aromatic N) is 1. The zero-order valence-corrected chi connectivity index (χ0v) is 16.1. The molecule has 2 aromatic rings. The molecule has 0 radical (unpaired) electrons. The number of benzene rings is 2. The molecule has 0 aliphatic carbocycles. The Kier molecular flexibility index (Phi) is 4.84. The van der Waals surface area contributed by atoms with Crippen molar-refractivity contribution in [3.8, 4) is 0 Å². The third kappa shape index (κ3) is 3.54. The van der Waals surface area contributed by atoms with E-state index in [0.717, 1.165) is 30.5 Å². The van der Waals surface area contributed by atoms with Crippen molar-refractivity contribution in [2.24, 2.45) is 0 Å². The number of nitrogens with one attached hydrogen (secondary N) is 1. The normalized spacial score (nSPS) is 19.1. The number of ether oxygens (including phenoxy) is 1. The van der Waals surface area contributed by atoms with Crippen LogP contribution in [0.5, 0.6) is 0 Å². The van der Waals surface area contributed by atoms with Crippen LogP contribution in [-0.2, 0) is 26.0 Å². The summed E-state index contributed by atoms with van der Waals surface area (Å²) in [5, 5.41) is 0.154. The monoisotopic (exact) mass is 406 g/mol. The molecule has 1 atom stereocenters. The van der Waals surface area contributed by atoms with Crippen LogP contribution in [0.2, 0.25) is 5.02 Å². The maximum Gasteiger partial charge on any atom is 0.263 e. The minimum atomic E-state index is -3.82. The van der Waals surface area contributed by atoms with Crippen molar-refractivity contribution in [2.75, 3.05) is 22.8 Å². The fourth-order valence-corrected chi connectivity index (χ4v) is 5.06. The number of carbonyl (C=O) groups is 1. The Morgan fingerprint density at radius 1 is 1.22 bits per heavy atom. The van der Waals surface area contributed by atoms with Crippen molar-refractivity contribution < 1.29 is 17.9 Å². The Balaban J connectivity index is 1.60. The van der Waals surface area contributed by atoms with Crippen LogP contribution in [0.4, 0.5) is 11.4 Å². The van der Waals surface area contributed by atoms with Gasteiger partial charge < -0.3 is 9.64 Å². The predicted octanol–water partition coefficient (Wildman–Crippen LogP) is 3.21. The number of sulfonamides is 1. The molecule has 1 fully saturated rings. The standard InChI is InChI=1S/C19H19ClN2O4S/c20-15-4-1-2-6-18(15)27(24,25)21-14-8-7-13-9-10-22(16(13)12-14)19(23)17-5-3-11-26-17/h1-2,4,6-8,12,17,21H,3,5,9-11H2/t17-/m0/s1. The second-order valence-electron chi connectivity index (χ2n) is 6.62. The van der Waals surface area contributed by atoms with Crippen molar-refractivity contribution in [1.82, 2.24) is 0 Å².